The third-order valence-corrected chi connectivity index (χ3v) is 3.40. The Labute approximate surface area is 116 Å². The van der Waals surface area contributed by atoms with Gasteiger partial charge in [0.25, 0.3) is 0 Å². The maximum atomic E-state index is 10.9. The van der Waals surface area contributed by atoms with Gasteiger partial charge in [-0.05, 0) is 13.3 Å². The van der Waals surface area contributed by atoms with Crippen molar-refractivity contribution < 1.29 is 8.42 Å². The molecule has 0 aliphatic heterocycles. The van der Waals surface area contributed by atoms with Crippen molar-refractivity contribution in [2.24, 2.45) is 5.14 Å². The fourth-order valence-electron chi connectivity index (χ4n) is 1.69. The molecule has 0 atom stereocenters. The summed E-state index contributed by atoms with van der Waals surface area (Å²) in [6.07, 6.45) is 2.02. The molecule has 0 aliphatic rings. The Morgan fingerprint density at radius 1 is 1.35 bits per heavy atom. The molecule has 110 valence electrons. The van der Waals surface area contributed by atoms with Crippen LogP contribution in [0.3, 0.4) is 0 Å². The lowest BCUT2D eigenvalue weighted by atomic mass is 10.3. The van der Waals surface area contributed by atoms with Gasteiger partial charge in [-0.25, -0.2) is 13.6 Å². The Morgan fingerprint density at radius 2 is 2.15 bits per heavy atom. The molecule has 0 radical (unpaired) electrons. The Kier molecular flexibility index (Phi) is 4.35. The molecule has 0 unspecified atom stereocenters. The molecule has 0 aliphatic carbocycles. The summed E-state index contributed by atoms with van der Waals surface area (Å²) in [6, 6.07) is 0. The van der Waals surface area contributed by atoms with Crippen molar-refractivity contribution in [1.82, 2.24) is 20.2 Å². The quantitative estimate of drug-likeness (QED) is 0.522. The summed E-state index contributed by atoms with van der Waals surface area (Å²) in [6.45, 7) is 3.09. The third kappa shape index (κ3) is 3.78. The Bertz CT molecular complexity index is 682. The minimum atomic E-state index is -3.43. The smallest absolute Gasteiger partial charge is 0.226 e. The summed E-state index contributed by atoms with van der Waals surface area (Å²) in [5, 5.41) is 18.5. The highest BCUT2D eigenvalue weighted by atomic mass is 32.2. The maximum absolute atomic E-state index is 10.9. The highest BCUT2D eigenvalue weighted by Crippen LogP contribution is 2.19. The highest BCUT2D eigenvalue weighted by molar-refractivity contribution is 7.89. The first-order valence-electron chi connectivity index (χ1n) is 6.19. The molecule has 20 heavy (non-hydrogen) atoms. The van der Waals surface area contributed by atoms with Crippen molar-refractivity contribution in [3.63, 3.8) is 0 Å². The number of nitrogens with one attached hydrogen (secondary N) is 3. The Balaban J connectivity index is 2.09. The summed E-state index contributed by atoms with van der Waals surface area (Å²) >= 11 is 0. The van der Waals surface area contributed by atoms with E-state index in [4.69, 9.17) is 5.14 Å². The van der Waals surface area contributed by atoms with Gasteiger partial charge in [0.2, 0.25) is 16.0 Å². The molecule has 0 amide bonds. The molecule has 0 aromatic carbocycles. The van der Waals surface area contributed by atoms with E-state index >= 15 is 0 Å². The van der Waals surface area contributed by atoms with Crippen LogP contribution in [0.2, 0.25) is 0 Å². The summed E-state index contributed by atoms with van der Waals surface area (Å²) in [7, 11) is -3.43. The molecular weight excluding hydrogens is 282 g/mol. The number of aromatic nitrogens is 4. The van der Waals surface area contributed by atoms with Crippen LogP contribution >= 0.6 is 0 Å². The van der Waals surface area contributed by atoms with Crippen molar-refractivity contribution in [3.8, 4) is 0 Å². The van der Waals surface area contributed by atoms with E-state index in [1.807, 2.05) is 6.92 Å². The van der Waals surface area contributed by atoms with Crippen molar-refractivity contribution in [3.05, 3.63) is 6.20 Å². The van der Waals surface area contributed by atoms with Crippen LogP contribution < -0.4 is 15.8 Å². The summed E-state index contributed by atoms with van der Waals surface area (Å²) in [4.78, 5) is 8.58. The number of H-pyrrole nitrogens is 1. The van der Waals surface area contributed by atoms with E-state index in [0.717, 1.165) is 5.39 Å². The molecule has 10 heteroatoms. The Hall–Kier alpha value is -1.94. The molecule has 0 spiro atoms. The number of hydrogen-bond acceptors (Lipinski definition) is 7. The number of fused-ring (bicyclic) bond motifs is 1. The molecule has 9 nitrogen and oxygen atoms in total. The zero-order valence-electron chi connectivity index (χ0n) is 11.0. The SMILES string of the molecule is CCNc1nc(NCCCS(N)(=O)=O)c2cn[nH]c2n1. The van der Waals surface area contributed by atoms with Crippen LogP contribution in [-0.4, -0.2) is 47.4 Å². The second-order valence-corrected chi connectivity index (χ2v) is 5.94. The van der Waals surface area contributed by atoms with Gasteiger partial charge in [0.1, 0.15) is 5.82 Å². The lowest BCUT2D eigenvalue weighted by Gasteiger charge is -2.08. The van der Waals surface area contributed by atoms with Gasteiger partial charge in [0, 0.05) is 13.1 Å². The summed E-state index contributed by atoms with van der Waals surface area (Å²) < 4.78 is 21.7. The average molecular weight is 299 g/mol. The largest absolute Gasteiger partial charge is 0.369 e. The first-order valence-corrected chi connectivity index (χ1v) is 7.90. The van der Waals surface area contributed by atoms with Crippen molar-refractivity contribution in [1.29, 1.82) is 0 Å². The first-order chi connectivity index (χ1) is 9.49. The standard InChI is InChI=1S/C10H17N7O2S/c1-2-12-10-15-8(7-6-14-17-9(7)16-10)13-4-3-5-20(11,18)19/h6H,2-5H2,1H3,(H2,11,18,19)(H3,12,13,14,15,16,17). The monoisotopic (exact) mass is 299 g/mol. The van der Waals surface area contributed by atoms with Crippen molar-refractivity contribution in [2.45, 2.75) is 13.3 Å². The number of hydrogen-bond donors (Lipinski definition) is 4. The number of rotatable bonds is 7. The topological polar surface area (TPSA) is 139 Å². The number of sulfonamides is 1. The molecule has 0 saturated carbocycles. The maximum Gasteiger partial charge on any atom is 0.226 e. The van der Waals surface area contributed by atoms with Gasteiger partial charge in [-0.1, -0.05) is 0 Å². The van der Waals surface area contributed by atoms with E-state index in [1.54, 1.807) is 6.20 Å². The van der Waals surface area contributed by atoms with Crippen LogP contribution in [-0.2, 0) is 10.0 Å². The second-order valence-electron chi connectivity index (χ2n) is 4.21. The number of aromatic amines is 1. The summed E-state index contributed by atoms with van der Waals surface area (Å²) in [5.74, 6) is 1.02. The molecular formula is C10H17N7O2S. The van der Waals surface area contributed by atoms with Crippen LogP contribution in [0.15, 0.2) is 6.20 Å². The van der Waals surface area contributed by atoms with E-state index < -0.39 is 10.0 Å². The average Bonchev–Trinajstić information content (AvgIpc) is 2.82. The van der Waals surface area contributed by atoms with Gasteiger partial charge in [0.15, 0.2) is 5.65 Å². The van der Waals surface area contributed by atoms with Crippen LogP contribution in [0.1, 0.15) is 13.3 Å². The Morgan fingerprint density at radius 3 is 2.85 bits per heavy atom. The van der Waals surface area contributed by atoms with Crippen LogP contribution in [0.4, 0.5) is 11.8 Å². The fraction of sp³-hybridized carbons (Fsp3) is 0.500. The fourth-order valence-corrected chi connectivity index (χ4v) is 2.23. The van der Waals surface area contributed by atoms with Gasteiger partial charge in [-0.3, -0.25) is 5.10 Å². The number of primary sulfonamides is 1. The lowest BCUT2D eigenvalue weighted by molar-refractivity contribution is 0.596. The minimum Gasteiger partial charge on any atom is -0.369 e. The van der Waals surface area contributed by atoms with Gasteiger partial charge in [-0.2, -0.15) is 15.1 Å². The molecule has 2 aromatic rings. The molecule has 0 fully saturated rings. The third-order valence-electron chi connectivity index (χ3n) is 2.54. The van der Waals surface area contributed by atoms with Gasteiger partial charge in [0.05, 0.1) is 17.3 Å². The highest BCUT2D eigenvalue weighted by Gasteiger charge is 2.09. The van der Waals surface area contributed by atoms with E-state index in [0.29, 0.717) is 36.9 Å². The molecule has 0 bridgehead atoms. The zero-order valence-corrected chi connectivity index (χ0v) is 11.9. The predicted octanol–water partition coefficient (Wildman–Crippen LogP) is -0.125. The number of nitrogens with two attached hydrogens (primary N) is 1. The number of anilines is 2. The minimum absolute atomic E-state index is 0.0698. The van der Waals surface area contributed by atoms with E-state index in [2.05, 4.69) is 30.8 Å². The van der Waals surface area contributed by atoms with Crippen LogP contribution in [0.25, 0.3) is 11.0 Å². The van der Waals surface area contributed by atoms with E-state index in [-0.39, 0.29) is 5.75 Å². The number of nitrogens with zero attached hydrogens (tertiary/aromatic N) is 3. The lowest BCUT2D eigenvalue weighted by Crippen LogP contribution is -2.19. The second kappa shape index (κ2) is 6.01. The zero-order chi connectivity index (χ0) is 14.6. The summed E-state index contributed by atoms with van der Waals surface area (Å²) in [5.41, 5.74) is 0.616. The van der Waals surface area contributed by atoms with Gasteiger partial charge < -0.3 is 10.6 Å². The van der Waals surface area contributed by atoms with Crippen molar-refractivity contribution >= 4 is 32.8 Å². The van der Waals surface area contributed by atoms with E-state index in [9.17, 15) is 8.42 Å². The van der Waals surface area contributed by atoms with Gasteiger partial charge in [-0.15, -0.1) is 0 Å². The first kappa shape index (κ1) is 14.5. The molecule has 5 N–H and O–H groups in total. The van der Waals surface area contributed by atoms with E-state index in [1.165, 1.54) is 0 Å². The van der Waals surface area contributed by atoms with Crippen LogP contribution in [0.5, 0.6) is 0 Å². The van der Waals surface area contributed by atoms with Crippen LogP contribution in [0, 0.1) is 0 Å². The van der Waals surface area contributed by atoms with Crippen molar-refractivity contribution in [2.75, 3.05) is 29.5 Å². The normalized spacial score (nSPS) is 11.7. The molecule has 0 saturated heterocycles. The molecule has 2 rings (SSSR count). The molecule has 2 aromatic heterocycles. The molecule has 2 heterocycles. The predicted molar refractivity (Wildman–Crippen MR) is 76.9 cm³/mol. The van der Waals surface area contributed by atoms with Gasteiger partial charge >= 0.3 is 0 Å².